The molecule has 0 fully saturated rings. The van der Waals surface area contributed by atoms with Crippen LogP contribution in [0, 0.1) is 6.92 Å². The van der Waals surface area contributed by atoms with Crippen LogP contribution in [-0.2, 0) is 11.9 Å². The van der Waals surface area contributed by atoms with Gasteiger partial charge in [-0.15, -0.1) is 11.3 Å². The molecule has 5 heteroatoms. The van der Waals surface area contributed by atoms with E-state index < -0.39 is 0 Å². The maximum atomic E-state index is 5.71. The van der Waals surface area contributed by atoms with Gasteiger partial charge in [-0.3, -0.25) is 9.97 Å². The van der Waals surface area contributed by atoms with Crippen LogP contribution in [-0.4, -0.2) is 9.97 Å². The smallest absolute Gasteiger partial charge is 0.142 e. The molecule has 2 rings (SSSR count). The van der Waals surface area contributed by atoms with E-state index in [1.165, 1.54) is 0 Å². The summed E-state index contributed by atoms with van der Waals surface area (Å²) in [4.78, 5) is 9.52. The maximum Gasteiger partial charge on any atom is 0.142 e. The zero-order chi connectivity index (χ0) is 11.4. The molecule has 2 aromatic heterocycles. The molecule has 0 radical (unpaired) electrons. The fourth-order valence-electron chi connectivity index (χ4n) is 1.29. The molecule has 0 unspecified atom stereocenters. The third-order valence-corrected chi connectivity index (χ3v) is 3.34. The number of nitrogens with zero attached hydrogens (tertiary/aromatic N) is 2. The van der Waals surface area contributed by atoms with Gasteiger partial charge in [-0.05, 0) is 19.1 Å². The minimum atomic E-state index is 0.551. The largest absolute Gasteiger partial charge is 0.486 e. The second-order valence-electron chi connectivity index (χ2n) is 3.29. The molecule has 0 aliphatic heterocycles. The highest BCUT2D eigenvalue weighted by molar-refractivity contribution is 9.08. The first kappa shape index (κ1) is 11.5. The van der Waals surface area contributed by atoms with Crippen LogP contribution in [0.2, 0.25) is 0 Å². The van der Waals surface area contributed by atoms with Crippen molar-refractivity contribution < 1.29 is 4.74 Å². The van der Waals surface area contributed by atoms with E-state index in [1.807, 2.05) is 25.3 Å². The number of halogens is 1. The van der Waals surface area contributed by atoms with E-state index in [0.717, 1.165) is 22.0 Å². The Hall–Kier alpha value is -0.940. The number of alkyl halides is 1. The van der Waals surface area contributed by atoms with Gasteiger partial charge in [0.05, 0.1) is 16.1 Å². The van der Waals surface area contributed by atoms with Crippen molar-refractivity contribution in [2.45, 2.75) is 18.9 Å². The average molecular weight is 299 g/mol. The van der Waals surface area contributed by atoms with E-state index >= 15 is 0 Å². The summed E-state index contributed by atoms with van der Waals surface area (Å²) in [5.74, 6) is 0.830. The van der Waals surface area contributed by atoms with Gasteiger partial charge >= 0.3 is 0 Å². The van der Waals surface area contributed by atoms with Gasteiger partial charge in [0, 0.05) is 17.2 Å². The highest BCUT2D eigenvalue weighted by Crippen LogP contribution is 2.21. The Balaban J connectivity index is 2.09. The topological polar surface area (TPSA) is 35.0 Å². The summed E-state index contributed by atoms with van der Waals surface area (Å²) < 4.78 is 5.71. The molecule has 2 heterocycles. The van der Waals surface area contributed by atoms with Crippen LogP contribution in [0.3, 0.4) is 0 Å². The Morgan fingerprint density at radius 2 is 2.31 bits per heavy atom. The van der Waals surface area contributed by atoms with Gasteiger partial charge in [-0.1, -0.05) is 15.9 Å². The predicted octanol–water partition coefficient (Wildman–Crippen LogP) is 3.32. The molecule has 0 aliphatic rings. The molecule has 2 aromatic rings. The summed E-state index contributed by atoms with van der Waals surface area (Å²) in [6.07, 6.45) is 1.82. The number of thiazole rings is 1. The fourth-order valence-corrected chi connectivity index (χ4v) is 2.19. The second-order valence-corrected chi connectivity index (χ2v) is 4.82. The zero-order valence-corrected chi connectivity index (χ0v) is 11.2. The van der Waals surface area contributed by atoms with E-state index in [4.69, 9.17) is 4.74 Å². The molecule has 0 saturated heterocycles. The summed E-state index contributed by atoms with van der Waals surface area (Å²) in [5, 5.41) is 0.701. The van der Waals surface area contributed by atoms with Crippen LogP contribution in [0.25, 0.3) is 0 Å². The second kappa shape index (κ2) is 5.41. The van der Waals surface area contributed by atoms with E-state index in [2.05, 4.69) is 25.9 Å². The van der Waals surface area contributed by atoms with Gasteiger partial charge in [0.15, 0.2) is 0 Å². The molecule has 0 spiro atoms. The minimum Gasteiger partial charge on any atom is -0.486 e. The fraction of sp³-hybridized carbons (Fsp3) is 0.273. The quantitative estimate of drug-likeness (QED) is 0.812. The average Bonchev–Trinajstić information content (AvgIpc) is 2.80. The van der Waals surface area contributed by atoms with Gasteiger partial charge in [0.1, 0.15) is 12.4 Å². The van der Waals surface area contributed by atoms with E-state index in [9.17, 15) is 0 Å². The molecule has 0 bridgehead atoms. The molecular formula is C11H11BrN2OS. The molecule has 0 aromatic carbocycles. The molecule has 0 amide bonds. The summed E-state index contributed by atoms with van der Waals surface area (Å²) in [5.41, 5.74) is 3.74. The van der Waals surface area contributed by atoms with Crippen LogP contribution in [0.15, 0.2) is 23.8 Å². The number of hydrogen-bond donors (Lipinski definition) is 0. The molecule has 84 valence electrons. The van der Waals surface area contributed by atoms with Crippen LogP contribution in [0.4, 0.5) is 0 Å². The number of ether oxygens (including phenoxy) is 1. The molecule has 0 saturated carbocycles. The lowest BCUT2D eigenvalue weighted by Gasteiger charge is -2.08. The minimum absolute atomic E-state index is 0.551. The van der Waals surface area contributed by atoms with Crippen molar-refractivity contribution in [3.63, 3.8) is 0 Å². The van der Waals surface area contributed by atoms with E-state index in [1.54, 1.807) is 16.8 Å². The number of aromatic nitrogens is 2. The standard InChI is InChI=1S/C11H11BrN2OS/c1-8-2-3-11(10(4-12)14-8)15-6-9-5-13-7-16-9/h2-3,5,7H,4,6H2,1H3. The van der Waals surface area contributed by atoms with Crippen LogP contribution < -0.4 is 4.74 Å². The Morgan fingerprint density at radius 3 is 3.00 bits per heavy atom. The number of hydrogen-bond acceptors (Lipinski definition) is 4. The first-order valence-corrected chi connectivity index (χ1v) is 6.82. The summed E-state index contributed by atoms with van der Waals surface area (Å²) in [6.45, 7) is 2.52. The maximum absolute atomic E-state index is 5.71. The van der Waals surface area contributed by atoms with Crippen molar-refractivity contribution >= 4 is 27.3 Å². The molecule has 0 atom stereocenters. The SMILES string of the molecule is Cc1ccc(OCc2cncs2)c(CBr)n1. The third kappa shape index (κ3) is 2.80. The van der Waals surface area contributed by atoms with Crippen molar-refractivity contribution in [1.82, 2.24) is 9.97 Å². The van der Waals surface area contributed by atoms with Crippen LogP contribution in [0.1, 0.15) is 16.3 Å². The Bertz CT molecular complexity index is 459. The molecule has 0 N–H and O–H groups in total. The Kier molecular flexibility index (Phi) is 3.90. The van der Waals surface area contributed by atoms with Gasteiger partial charge < -0.3 is 4.74 Å². The first-order valence-electron chi connectivity index (χ1n) is 4.82. The molecular weight excluding hydrogens is 288 g/mol. The lowest BCUT2D eigenvalue weighted by Crippen LogP contribution is -1.99. The summed E-state index contributed by atoms with van der Waals surface area (Å²) >= 11 is 5.00. The summed E-state index contributed by atoms with van der Waals surface area (Å²) in [6, 6.07) is 3.91. The first-order chi connectivity index (χ1) is 7.79. The Labute approximate surface area is 107 Å². The zero-order valence-electron chi connectivity index (χ0n) is 8.81. The highest BCUT2D eigenvalue weighted by Gasteiger charge is 2.05. The molecule has 16 heavy (non-hydrogen) atoms. The van der Waals surface area contributed by atoms with Crippen LogP contribution >= 0.6 is 27.3 Å². The lowest BCUT2D eigenvalue weighted by atomic mass is 10.3. The molecule has 3 nitrogen and oxygen atoms in total. The van der Waals surface area contributed by atoms with Crippen molar-refractivity contribution in [3.05, 3.63) is 40.1 Å². The Morgan fingerprint density at radius 1 is 1.44 bits per heavy atom. The normalized spacial score (nSPS) is 10.4. The summed E-state index contributed by atoms with van der Waals surface area (Å²) in [7, 11) is 0. The number of aryl methyl sites for hydroxylation is 1. The van der Waals surface area contributed by atoms with Crippen molar-refractivity contribution in [2.24, 2.45) is 0 Å². The van der Waals surface area contributed by atoms with Crippen LogP contribution in [0.5, 0.6) is 5.75 Å². The predicted molar refractivity (Wildman–Crippen MR) is 68.1 cm³/mol. The van der Waals surface area contributed by atoms with Gasteiger partial charge in [-0.2, -0.15) is 0 Å². The number of rotatable bonds is 4. The van der Waals surface area contributed by atoms with Crippen molar-refractivity contribution in [3.8, 4) is 5.75 Å². The number of pyridine rings is 1. The lowest BCUT2D eigenvalue weighted by molar-refractivity contribution is 0.305. The van der Waals surface area contributed by atoms with Crippen molar-refractivity contribution in [1.29, 1.82) is 0 Å². The van der Waals surface area contributed by atoms with Gasteiger partial charge in [-0.25, -0.2) is 0 Å². The molecule has 0 aliphatic carbocycles. The van der Waals surface area contributed by atoms with Crippen molar-refractivity contribution in [2.75, 3.05) is 0 Å². The van der Waals surface area contributed by atoms with Gasteiger partial charge in [0.25, 0.3) is 0 Å². The monoisotopic (exact) mass is 298 g/mol. The van der Waals surface area contributed by atoms with E-state index in [0.29, 0.717) is 11.9 Å². The van der Waals surface area contributed by atoms with Gasteiger partial charge in [0.2, 0.25) is 0 Å². The highest BCUT2D eigenvalue weighted by atomic mass is 79.9. The van der Waals surface area contributed by atoms with E-state index in [-0.39, 0.29) is 0 Å². The third-order valence-electron chi connectivity index (χ3n) is 2.05.